The molecule has 1 fully saturated rings. The Morgan fingerprint density at radius 1 is 1.23 bits per heavy atom. The zero-order valence-electron chi connectivity index (χ0n) is 20.6. The lowest BCUT2D eigenvalue weighted by atomic mass is 9.94. The number of carbonyl (C=O) groups is 1. The van der Waals surface area contributed by atoms with Gasteiger partial charge in [-0.1, -0.05) is 13.8 Å². The Morgan fingerprint density at radius 3 is 2.19 bits per heavy atom. The number of rotatable bonds is 10. The van der Waals surface area contributed by atoms with Crippen molar-refractivity contribution in [1.82, 2.24) is 4.90 Å². The quantitative estimate of drug-likeness (QED) is 0.234. The molecule has 0 aromatic heterocycles. The van der Waals surface area contributed by atoms with Crippen molar-refractivity contribution in [2.45, 2.75) is 72.6 Å². The molecule has 0 spiro atoms. The maximum Gasteiger partial charge on any atom is 0.411 e. The molecule has 3 atom stereocenters. The predicted octanol–water partition coefficient (Wildman–Crippen LogP) is 0.729. The molecular weight excluding hydrogens is 534 g/mol. The molecule has 10 heteroatoms. The molecule has 0 saturated carbocycles. The number of piperazine rings is 1. The molecule has 0 aromatic rings. The average molecular weight is 578 g/mol. The van der Waals surface area contributed by atoms with Gasteiger partial charge in [0.15, 0.2) is 0 Å². The molecule has 1 aliphatic heterocycles. The Hall–Kier alpha value is 0.0700. The lowest BCUT2D eigenvalue weighted by Crippen LogP contribution is -3.00. The van der Waals surface area contributed by atoms with Crippen molar-refractivity contribution in [3.8, 4) is 0 Å². The van der Waals surface area contributed by atoms with E-state index < -0.39 is 13.2 Å². The second kappa shape index (κ2) is 13.1. The number of aliphatic hydroxyl groups is 1. The van der Waals surface area contributed by atoms with Crippen molar-refractivity contribution in [1.29, 1.82) is 0 Å². The van der Waals surface area contributed by atoms with Crippen molar-refractivity contribution >= 4 is 13.7 Å². The van der Waals surface area contributed by atoms with E-state index in [0.29, 0.717) is 49.3 Å². The van der Waals surface area contributed by atoms with E-state index in [2.05, 4.69) is 20.9 Å². The van der Waals surface area contributed by atoms with Crippen LogP contribution in [0.3, 0.4) is 0 Å². The molecule has 8 nitrogen and oxygen atoms in total. The molecule has 1 heterocycles. The van der Waals surface area contributed by atoms with Crippen LogP contribution < -0.4 is 24.0 Å². The number of amides is 1. The lowest BCUT2D eigenvalue weighted by Gasteiger charge is -2.52. The Labute approximate surface area is 206 Å². The number of quaternary nitrogens is 1. The smallest absolute Gasteiger partial charge is 0.411 e. The summed E-state index contributed by atoms with van der Waals surface area (Å²) in [6.07, 6.45) is 0.671. The van der Waals surface area contributed by atoms with Crippen LogP contribution in [0.5, 0.6) is 0 Å². The van der Waals surface area contributed by atoms with Crippen LogP contribution in [0.4, 0.5) is 4.79 Å². The minimum atomic E-state index is -3.08. The second-order valence-electron chi connectivity index (χ2n) is 9.69. The highest BCUT2D eigenvalue weighted by Gasteiger charge is 2.47. The second-order valence-corrected chi connectivity index (χ2v) is 11.9. The normalized spacial score (nSPS) is 24.8. The molecule has 1 rings (SSSR count). The Kier molecular flexibility index (Phi) is 13.1. The van der Waals surface area contributed by atoms with Gasteiger partial charge >= 0.3 is 13.7 Å². The van der Waals surface area contributed by atoms with Gasteiger partial charge in [0.2, 0.25) is 0 Å². The van der Waals surface area contributed by atoms with Gasteiger partial charge in [0.25, 0.3) is 0 Å². The molecule has 31 heavy (non-hydrogen) atoms. The number of ether oxygens (including phenoxy) is 1. The van der Waals surface area contributed by atoms with Gasteiger partial charge in [-0.3, -0.25) is 9.46 Å². The third kappa shape index (κ3) is 9.45. The van der Waals surface area contributed by atoms with E-state index in [4.69, 9.17) is 13.8 Å². The summed E-state index contributed by atoms with van der Waals surface area (Å²) in [5.74, 6) is 0.324. The Bertz CT molecular complexity index is 591. The predicted molar refractivity (Wildman–Crippen MR) is 119 cm³/mol. The summed E-state index contributed by atoms with van der Waals surface area (Å²) < 4.78 is 29.9. The summed E-state index contributed by atoms with van der Waals surface area (Å²) in [4.78, 5) is 14.4. The summed E-state index contributed by atoms with van der Waals surface area (Å²) in [7, 11) is -0.919. The highest BCUT2D eigenvalue weighted by Crippen LogP contribution is 2.48. The first-order valence-electron chi connectivity index (χ1n) is 11.1. The van der Waals surface area contributed by atoms with Crippen LogP contribution in [-0.2, 0) is 18.3 Å². The number of carbonyl (C=O) groups excluding carboxylic acids is 1. The van der Waals surface area contributed by atoms with E-state index in [-0.39, 0.29) is 48.8 Å². The van der Waals surface area contributed by atoms with Gasteiger partial charge < -0.3 is 47.4 Å². The van der Waals surface area contributed by atoms with E-state index >= 15 is 0 Å². The average Bonchev–Trinajstić information content (AvgIpc) is 2.59. The molecule has 0 bridgehead atoms. The van der Waals surface area contributed by atoms with Crippen LogP contribution in [0.15, 0.2) is 0 Å². The fraction of sp³-hybridized carbons (Fsp3) is 0.952. The third-order valence-electron chi connectivity index (χ3n) is 5.61. The molecular formula is C21H44IN2O6P. The standard InChI is InChI=1S/C21H44N2O6P.HI/c1-9-27-30(26,28-10-2)13-11-12-23(8)15-18(16-24)22(14-19(23)17(3)4)20(25)29-21(5,6)7;/h17-19,24H,9-16H2,1-8H3;1H/q+1;/p-1/t18-,19+,23?;/m0./s1. The molecule has 1 saturated heterocycles. The number of aliphatic hydroxyl groups excluding tert-OH is 1. The molecule has 186 valence electrons. The van der Waals surface area contributed by atoms with E-state index in [1.807, 2.05) is 34.6 Å². The van der Waals surface area contributed by atoms with Gasteiger partial charge in [0.05, 0.1) is 46.1 Å². The first kappa shape index (κ1) is 31.1. The van der Waals surface area contributed by atoms with Crippen molar-refractivity contribution in [2.75, 3.05) is 52.7 Å². The van der Waals surface area contributed by atoms with Gasteiger partial charge in [-0.2, -0.15) is 0 Å². The topological polar surface area (TPSA) is 85.3 Å². The minimum Gasteiger partial charge on any atom is -1.00 e. The maximum atomic E-state index is 12.8. The molecule has 1 unspecified atom stereocenters. The Morgan fingerprint density at radius 2 is 1.77 bits per heavy atom. The zero-order chi connectivity index (χ0) is 23.2. The van der Waals surface area contributed by atoms with Crippen LogP contribution in [0, 0.1) is 5.92 Å². The molecule has 0 aliphatic carbocycles. The van der Waals surface area contributed by atoms with Gasteiger partial charge in [0.1, 0.15) is 24.2 Å². The van der Waals surface area contributed by atoms with E-state index in [0.717, 1.165) is 6.54 Å². The fourth-order valence-corrected chi connectivity index (χ4v) is 5.98. The monoisotopic (exact) mass is 578 g/mol. The minimum absolute atomic E-state index is 0. The Balaban J connectivity index is 0.00000900. The van der Waals surface area contributed by atoms with Gasteiger partial charge in [0, 0.05) is 12.3 Å². The summed E-state index contributed by atoms with van der Waals surface area (Å²) >= 11 is 0. The van der Waals surface area contributed by atoms with Crippen molar-refractivity contribution in [3.63, 3.8) is 0 Å². The number of hydrogen-bond acceptors (Lipinski definition) is 6. The van der Waals surface area contributed by atoms with E-state index in [1.165, 1.54) is 0 Å². The largest absolute Gasteiger partial charge is 1.00 e. The van der Waals surface area contributed by atoms with Crippen LogP contribution in [0.1, 0.15) is 54.9 Å². The lowest BCUT2D eigenvalue weighted by molar-refractivity contribution is -0.943. The maximum absolute atomic E-state index is 12.8. The first-order valence-corrected chi connectivity index (χ1v) is 12.9. The summed E-state index contributed by atoms with van der Waals surface area (Å²) in [6.45, 7) is 16.0. The zero-order valence-corrected chi connectivity index (χ0v) is 23.6. The first-order chi connectivity index (χ1) is 13.8. The fourth-order valence-electron chi connectivity index (χ4n) is 4.34. The van der Waals surface area contributed by atoms with Crippen molar-refractivity contribution in [3.05, 3.63) is 0 Å². The van der Waals surface area contributed by atoms with E-state index in [9.17, 15) is 14.5 Å². The van der Waals surface area contributed by atoms with Crippen LogP contribution in [0.25, 0.3) is 0 Å². The third-order valence-corrected chi connectivity index (χ3v) is 7.78. The highest BCUT2D eigenvalue weighted by atomic mass is 127. The number of nitrogens with zero attached hydrogens (tertiary/aromatic N) is 2. The van der Waals surface area contributed by atoms with E-state index in [1.54, 1.807) is 4.90 Å². The van der Waals surface area contributed by atoms with Gasteiger partial charge in [-0.15, -0.1) is 0 Å². The van der Waals surface area contributed by atoms with Crippen LogP contribution >= 0.6 is 7.60 Å². The summed E-state index contributed by atoms with van der Waals surface area (Å²) in [5, 5.41) is 10.0. The number of halogens is 1. The van der Waals surface area contributed by atoms with Gasteiger partial charge in [-0.05, 0) is 34.6 Å². The summed E-state index contributed by atoms with van der Waals surface area (Å²) in [6, 6.07) is -0.135. The highest BCUT2D eigenvalue weighted by molar-refractivity contribution is 7.53. The molecule has 1 N–H and O–H groups in total. The molecule has 0 radical (unpaired) electrons. The number of likely N-dealkylation sites (N-methyl/N-ethyl adjacent to an activating group) is 1. The van der Waals surface area contributed by atoms with Crippen LogP contribution in [0.2, 0.25) is 0 Å². The number of hydrogen-bond donors (Lipinski definition) is 1. The van der Waals surface area contributed by atoms with Crippen molar-refractivity contribution in [2.24, 2.45) is 5.92 Å². The van der Waals surface area contributed by atoms with Crippen molar-refractivity contribution < 1.29 is 56.7 Å². The molecule has 1 aliphatic rings. The summed E-state index contributed by atoms with van der Waals surface area (Å²) in [5.41, 5.74) is -0.584. The molecule has 0 aromatic carbocycles. The SMILES string of the molecule is CCOP(=O)(CCC[N+]1(C)C[C@@H](CO)N(C(=O)OC(C)(C)C)C[C@@H]1C(C)C)OCC.[I-]. The van der Waals surface area contributed by atoms with Crippen LogP contribution in [-0.4, -0.2) is 90.9 Å². The molecule has 1 amide bonds. The van der Waals surface area contributed by atoms with Gasteiger partial charge in [-0.25, -0.2) is 4.79 Å².